The molecule has 7 unspecified atom stereocenters. The molecule has 0 radical (unpaired) electrons. The Kier molecular flexibility index (Phi) is 29.6. The summed E-state index contributed by atoms with van der Waals surface area (Å²) in [6.07, 6.45) is 35.9. The van der Waals surface area contributed by atoms with E-state index < -0.39 is 0 Å². The van der Waals surface area contributed by atoms with Gasteiger partial charge in [-0.25, -0.2) is 0 Å². The minimum absolute atomic E-state index is 0.472. The van der Waals surface area contributed by atoms with E-state index >= 15 is 0 Å². The van der Waals surface area contributed by atoms with Crippen molar-refractivity contribution in [1.82, 2.24) is 0 Å². The Hall–Kier alpha value is 0. The summed E-state index contributed by atoms with van der Waals surface area (Å²) in [5.74, 6) is 8.00. The summed E-state index contributed by atoms with van der Waals surface area (Å²) in [6.45, 7) is 32.4. The largest absolute Gasteiger partial charge is 0.0654 e. The van der Waals surface area contributed by atoms with Crippen LogP contribution in [0.15, 0.2) is 0 Å². The molecule has 0 aliphatic heterocycles. The quantitative estimate of drug-likeness (QED) is 0.0596. The fourth-order valence-electron chi connectivity index (χ4n) is 9.93. The summed E-state index contributed by atoms with van der Waals surface area (Å²) in [7, 11) is 0. The highest BCUT2D eigenvalue weighted by Gasteiger charge is 2.36. The predicted molar refractivity (Wildman–Crippen MR) is 223 cm³/mol. The smallest absolute Gasteiger partial charge is 0.0300 e. The minimum Gasteiger partial charge on any atom is -0.0654 e. The van der Waals surface area contributed by atoms with Crippen molar-refractivity contribution in [3.63, 3.8) is 0 Å². The van der Waals surface area contributed by atoms with Gasteiger partial charge in [0.25, 0.3) is 0 Å². The first kappa shape index (κ1) is 48.0. The van der Waals surface area contributed by atoms with Gasteiger partial charge in [-0.3, -0.25) is 0 Å². The van der Waals surface area contributed by atoms with Gasteiger partial charge in [0.15, 0.2) is 0 Å². The van der Waals surface area contributed by atoms with Crippen molar-refractivity contribution < 1.29 is 0 Å². The fourth-order valence-corrected chi connectivity index (χ4v) is 9.93. The molecule has 0 aromatic heterocycles. The average molecular weight is 675 g/mol. The van der Waals surface area contributed by atoms with Crippen LogP contribution < -0.4 is 0 Å². The maximum atomic E-state index is 2.69. The van der Waals surface area contributed by atoms with Crippen molar-refractivity contribution in [2.75, 3.05) is 0 Å². The summed E-state index contributed by atoms with van der Waals surface area (Å²) >= 11 is 0. The molecule has 0 saturated heterocycles. The Labute approximate surface area is 308 Å². The first-order valence-corrected chi connectivity index (χ1v) is 22.9. The van der Waals surface area contributed by atoms with Gasteiger partial charge in [-0.2, -0.15) is 0 Å². The summed E-state index contributed by atoms with van der Waals surface area (Å²) < 4.78 is 0. The molecule has 290 valence electrons. The predicted octanol–water partition coefficient (Wildman–Crippen LogP) is 17.5. The molecule has 0 N–H and O–H groups in total. The molecule has 0 rings (SSSR count). The van der Waals surface area contributed by atoms with Crippen LogP contribution in [0.2, 0.25) is 0 Å². The van der Waals surface area contributed by atoms with Crippen molar-refractivity contribution in [2.24, 2.45) is 58.7 Å². The van der Waals surface area contributed by atoms with E-state index in [1.807, 2.05) is 0 Å². The van der Waals surface area contributed by atoms with E-state index in [0.29, 0.717) is 5.41 Å². The van der Waals surface area contributed by atoms with Crippen LogP contribution in [-0.4, -0.2) is 0 Å². The normalized spacial score (nSPS) is 17.5. The summed E-state index contributed by atoms with van der Waals surface area (Å²) in [4.78, 5) is 0. The van der Waals surface area contributed by atoms with E-state index in [-0.39, 0.29) is 0 Å². The highest BCUT2D eigenvalue weighted by molar-refractivity contribution is 4.86. The van der Waals surface area contributed by atoms with E-state index in [9.17, 15) is 0 Å². The molecule has 7 atom stereocenters. The lowest BCUT2D eigenvalue weighted by Crippen LogP contribution is -2.32. The lowest BCUT2D eigenvalue weighted by Gasteiger charge is -2.42. The van der Waals surface area contributed by atoms with Crippen LogP contribution in [-0.2, 0) is 0 Å². The van der Waals surface area contributed by atoms with Gasteiger partial charge < -0.3 is 0 Å². The topological polar surface area (TPSA) is 0 Å². The van der Waals surface area contributed by atoms with Gasteiger partial charge in [-0.1, -0.05) is 212 Å². The standard InChI is InChI=1S/C48H98/c1-14-20-21-22-30-43(26-16-3)36-44(31-24-23-29-42(12)45(27-17-4)28-18-5)37-47(38-48(13,34-19-6)40(9)10)46(33-32-39(7)8)35-41(11)25-15-2/h39-47H,14-38H2,1-13H3. The molecule has 0 heteroatoms. The van der Waals surface area contributed by atoms with Gasteiger partial charge in [0.05, 0.1) is 0 Å². The first-order chi connectivity index (χ1) is 22.9. The van der Waals surface area contributed by atoms with Crippen molar-refractivity contribution in [3.05, 3.63) is 0 Å². The SMILES string of the molecule is CCCCCCC(CCC)CC(CCCCC(C)C(CCC)CCC)CC(CC(C)(CCC)C(C)C)C(CCC(C)C)CC(C)CCC. The van der Waals surface area contributed by atoms with E-state index in [1.165, 1.54) is 161 Å². The summed E-state index contributed by atoms with van der Waals surface area (Å²) in [5.41, 5.74) is 0.472. The summed E-state index contributed by atoms with van der Waals surface area (Å²) in [5, 5.41) is 0. The van der Waals surface area contributed by atoms with Gasteiger partial charge >= 0.3 is 0 Å². The Morgan fingerprint density at radius 3 is 1.54 bits per heavy atom. The maximum absolute atomic E-state index is 2.69. The Balaban J connectivity index is 6.36. The average Bonchev–Trinajstić information content (AvgIpc) is 3.02. The molecule has 0 fully saturated rings. The van der Waals surface area contributed by atoms with Crippen molar-refractivity contribution in [3.8, 4) is 0 Å². The minimum atomic E-state index is 0.472. The van der Waals surface area contributed by atoms with Gasteiger partial charge in [-0.15, -0.1) is 0 Å². The monoisotopic (exact) mass is 675 g/mol. The third-order valence-corrected chi connectivity index (χ3v) is 13.3. The van der Waals surface area contributed by atoms with Crippen LogP contribution >= 0.6 is 0 Å². The lowest BCUT2D eigenvalue weighted by atomic mass is 9.63. The zero-order valence-corrected chi connectivity index (χ0v) is 36.4. The van der Waals surface area contributed by atoms with E-state index in [2.05, 4.69) is 90.0 Å². The van der Waals surface area contributed by atoms with Crippen LogP contribution in [0.25, 0.3) is 0 Å². The highest BCUT2D eigenvalue weighted by atomic mass is 14.4. The van der Waals surface area contributed by atoms with E-state index in [1.54, 1.807) is 0 Å². The molecule has 0 nitrogen and oxygen atoms in total. The maximum Gasteiger partial charge on any atom is -0.0300 e. The number of rotatable bonds is 34. The molecule has 48 heavy (non-hydrogen) atoms. The number of hydrogen-bond acceptors (Lipinski definition) is 0. The molecule has 0 heterocycles. The summed E-state index contributed by atoms with van der Waals surface area (Å²) in [6, 6.07) is 0. The molecule has 0 aliphatic rings. The second kappa shape index (κ2) is 29.6. The van der Waals surface area contributed by atoms with Gasteiger partial charge in [0, 0.05) is 0 Å². The van der Waals surface area contributed by atoms with Crippen LogP contribution in [0.5, 0.6) is 0 Å². The number of hydrogen-bond donors (Lipinski definition) is 0. The first-order valence-electron chi connectivity index (χ1n) is 22.9. The zero-order valence-electron chi connectivity index (χ0n) is 36.4. The highest BCUT2D eigenvalue weighted by Crippen LogP contribution is 2.46. The molecule has 0 aliphatic carbocycles. The Bertz CT molecular complexity index is 670. The van der Waals surface area contributed by atoms with Crippen molar-refractivity contribution >= 4 is 0 Å². The van der Waals surface area contributed by atoms with Crippen LogP contribution in [0.4, 0.5) is 0 Å². The second-order valence-corrected chi connectivity index (χ2v) is 18.8. The molecule has 0 spiro atoms. The zero-order chi connectivity index (χ0) is 36.4. The number of unbranched alkanes of at least 4 members (excludes halogenated alkanes) is 4. The third-order valence-electron chi connectivity index (χ3n) is 13.3. The van der Waals surface area contributed by atoms with E-state index in [0.717, 1.165) is 53.3 Å². The van der Waals surface area contributed by atoms with Gasteiger partial charge in [0.2, 0.25) is 0 Å². The van der Waals surface area contributed by atoms with Crippen LogP contribution in [0, 0.1) is 58.7 Å². The molecule has 0 aromatic rings. The molecule has 0 bridgehead atoms. The molecular formula is C48H98. The van der Waals surface area contributed by atoms with Crippen LogP contribution in [0.3, 0.4) is 0 Å². The van der Waals surface area contributed by atoms with Crippen molar-refractivity contribution in [1.29, 1.82) is 0 Å². The Morgan fingerprint density at radius 2 is 1.00 bits per heavy atom. The lowest BCUT2D eigenvalue weighted by molar-refractivity contribution is 0.0848. The Morgan fingerprint density at radius 1 is 0.417 bits per heavy atom. The van der Waals surface area contributed by atoms with Gasteiger partial charge in [-0.05, 0) is 97.2 Å². The third kappa shape index (κ3) is 22.0. The molecule has 0 amide bonds. The van der Waals surface area contributed by atoms with E-state index in [4.69, 9.17) is 0 Å². The van der Waals surface area contributed by atoms with Crippen LogP contribution in [0.1, 0.15) is 251 Å². The van der Waals surface area contributed by atoms with Crippen molar-refractivity contribution in [2.45, 2.75) is 251 Å². The van der Waals surface area contributed by atoms with Gasteiger partial charge in [0.1, 0.15) is 0 Å². The second-order valence-electron chi connectivity index (χ2n) is 18.8. The molecular weight excluding hydrogens is 577 g/mol. The molecule has 0 saturated carbocycles. The fraction of sp³-hybridized carbons (Fsp3) is 1.00. The molecule has 0 aromatic carbocycles.